The highest BCUT2D eigenvalue weighted by atomic mass is 16.5. The Morgan fingerprint density at radius 3 is 2.40 bits per heavy atom. The van der Waals surface area contributed by atoms with Gasteiger partial charge in [-0.3, -0.25) is 4.79 Å². The van der Waals surface area contributed by atoms with Gasteiger partial charge in [0.2, 0.25) is 5.91 Å². The summed E-state index contributed by atoms with van der Waals surface area (Å²) in [5, 5.41) is 0. The van der Waals surface area contributed by atoms with E-state index in [1.165, 1.54) is 0 Å². The van der Waals surface area contributed by atoms with Crippen molar-refractivity contribution in [2.45, 2.75) is 12.5 Å². The number of primary amides is 1. The normalized spacial score (nSPS) is 11.8. The molecule has 0 heterocycles. The van der Waals surface area contributed by atoms with E-state index in [-0.39, 0.29) is 6.42 Å². The van der Waals surface area contributed by atoms with Gasteiger partial charge in [-0.25, -0.2) is 4.79 Å². The standard InChI is InChI=1S/C10H12N2O3/c11-8(6-9(12)13)10(14)15-7-4-2-1-3-5-7/h1-5,8H,6,11H2,(H2,12,13). The first kappa shape index (κ1) is 11.2. The molecule has 0 aliphatic rings. The molecule has 0 bridgehead atoms. The van der Waals surface area contributed by atoms with Crippen LogP contribution in [-0.2, 0) is 9.59 Å². The lowest BCUT2D eigenvalue weighted by atomic mass is 10.2. The Bertz CT molecular complexity index is 351. The number of carbonyl (C=O) groups is 2. The molecule has 4 N–H and O–H groups in total. The van der Waals surface area contributed by atoms with E-state index < -0.39 is 17.9 Å². The third-order valence-electron chi connectivity index (χ3n) is 1.69. The molecule has 0 saturated heterocycles. The number of para-hydroxylation sites is 1. The first-order chi connectivity index (χ1) is 7.09. The highest BCUT2D eigenvalue weighted by Gasteiger charge is 2.17. The molecule has 1 unspecified atom stereocenters. The maximum Gasteiger partial charge on any atom is 0.328 e. The van der Waals surface area contributed by atoms with Crippen molar-refractivity contribution in [3.8, 4) is 5.75 Å². The molecule has 80 valence electrons. The van der Waals surface area contributed by atoms with E-state index in [1.807, 2.05) is 0 Å². The zero-order valence-corrected chi connectivity index (χ0v) is 8.05. The molecule has 0 fully saturated rings. The monoisotopic (exact) mass is 208 g/mol. The van der Waals surface area contributed by atoms with Gasteiger partial charge in [0.05, 0.1) is 6.42 Å². The molecule has 0 aromatic heterocycles. The first-order valence-electron chi connectivity index (χ1n) is 4.40. The second-order valence-electron chi connectivity index (χ2n) is 3.01. The van der Waals surface area contributed by atoms with E-state index in [2.05, 4.69) is 0 Å². The molecule has 1 aromatic carbocycles. The van der Waals surface area contributed by atoms with Gasteiger partial charge < -0.3 is 16.2 Å². The van der Waals surface area contributed by atoms with Gasteiger partial charge in [0.15, 0.2) is 0 Å². The van der Waals surface area contributed by atoms with Crippen molar-refractivity contribution in [2.24, 2.45) is 11.5 Å². The Kier molecular flexibility index (Phi) is 3.82. The number of esters is 1. The number of benzene rings is 1. The highest BCUT2D eigenvalue weighted by molar-refractivity contribution is 5.85. The summed E-state index contributed by atoms with van der Waals surface area (Å²) in [5.74, 6) is -0.907. The van der Waals surface area contributed by atoms with E-state index in [4.69, 9.17) is 16.2 Å². The molecule has 0 aliphatic heterocycles. The van der Waals surface area contributed by atoms with Gasteiger partial charge in [-0.15, -0.1) is 0 Å². The Labute approximate surface area is 87.0 Å². The molecule has 0 spiro atoms. The molecule has 1 atom stereocenters. The zero-order chi connectivity index (χ0) is 11.3. The fourth-order valence-electron chi connectivity index (χ4n) is 0.980. The number of ether oxygens (including phenoxy) is 1. The van der Waals surface area contributed by atoms with Crippen LogP contribution < -0.4 is 16.2 Å². The number of nitrogens with two attached hydrogens (primary N) is 2. The summed E-state index contributed by atoms with van der Waals surface area (Å²) in [5.41, 5.74) is 10.3. The summed E-state index contributed by atoms with van der Waals surface area (Å²) in [6, 6.07) is 7.47. The van der Waals surface area contributed by atoms with Crippen molar-refractivity contribution < 1.29 is 14.3 Å². The van der Waals surface area contributed by atoms with Gasteiger partial charge in [0.25, 0.3) is 0 Å². The molecule has 1 aromatic rings. The van der Waals surface area contributed by atoms with E-state index in [1.54, 1.807) is 30.3 Å². The predicted molar refractivity (Wildman–Crippen MR) is 53.9 cm³/mol. The van der Waals surface area contributed by atoms with Crippen molar-refractivity contribution in [3.63, 3.8) is 0 Å². The Balaban J connectivity index is 2.52. The molecule has 15 heavy (non-hydrogen) atoms. The number of carbonyl (C=O) groups excluding carboxylic acids is 2. The van der Waals surface area contributed by atoms with Gasteiger partial charge in [-0.05, 0) is 12.1 Å². The van der Waals surface area contributed by atoms with Gasteiger partial charge in [-0.2, -0.15) is 0 Å². The van der Waals surface area contributed by atoms with Crippen LogP contribution in [0.4, 0.5) is 0 Å². The van der Waals surface area contributed by atoms with Crippen LogP contribution in [0.2, 0.25) is 0 Å². The summed E-state index contributed by atoms with van der Waals surface area (Å²) in [7, 11) is 0. The first-order valence-corrected chi connectivity index (χ1v) is 4.40. The van der Waals surface area contributed by atoms with Crippen LogP contribution in [0, 0.1) is 0 Å². The van der Waals surface area contributed by atoms with Crippen LogP contribution >= 0.6 is 0 Å². The van der Waals surface area contributed by atoms with Crippen LogP contribution in [0.3, 0.4) is 0 Å². The fourth-order valence-corrected chi connectivity index (χ4v) is 0.980. The number of rotatable bonds is 4. The molecule has 0 radical (unpaired) electrons. The molecular formula is C10H12N2O3. The number of amides is 1. The molecule has 0 aliphatic carbocycles. The maximum atomic E-state index is 11.3. The van der Waals surface area contributed by atoms with Crippen molar-refractivity contribution in [2.75, 3.05) is 0 Å². The van der Waals surface area contributed by atoms with Crippen molar-refractivity contribution in [1.29, 1.82) is 0 Å². The minimum absolute atomic E-state index is 0.217. The van der Waals surface area contributed by atoms with Crippen molar-refractivity contribution >= 4 is 11.9 Å². The summed E-state index contributed by atoms with van der Waals surface area (Å²) < 4.78 is 4.91. The highest BCUT2D eigenvalue weighted by Crippen LogP contribution is 2.09. The molecular weight excluding hydrogens is 196 g/mol. The Morgan fingerprint density at radius 2 is 1.87 bits per heavy atom. The molecule has 0 saturated carbocycles. The largest absolute Gasteiger partial charge is 0.425 e. The average molecular weight is 208 g/mol. The third-order valence-corrected chi connectivity index (χ3v) is 1.69. The van der Waals surface area contributed by atoms with Crippen LogP contribution in [-0.4, -0.2) is 17.9 Å². The van der Waals surface area contributed by atoms with Gasteiger partial charge in [0.1, 0.15) is 11.8 Å². The van der Waals surface area contributed by atoms with Crippen LogP contribution in [0.15, 0.2) is 30.3 Å². The van der Waals surface area contributed by atoms with E-state index in [0.717, 1.165) is 0 Å². The maximum absolute atomic E-state index is 11.3. The summed E-state index contributed by atoms with van der Waals surface area (Å²) in [6.07, 6.45) is -0.217. The van der Waals surface area contributed by atoms with E-state index >= 15 is 0 Å². The summed E-state index contributed by atoms with van der Waals surface area (Å²) in [4.78, 5) is 21.8. The van der Waals surface area contributed by atoms with Crippen LogP contribution in [0.1, 0.15) is 6.42 Å². The van der Waals surface area contributed by atoms with Gasteiger partial charge >= 0.3 is 5.97 Å². The van der Waals surface area contributed by atoms with E-state index in [0.29, 0.717) is 5.75 Å². The van der Waals surface area contributed by atoms with Crippen molar-refractivity contribution in [3.05, 3.63) is 30.3 Å². The third kappa shape index (κ3) is 3.78. The topological polar surface area (TPSA) is 95.4 Å². The zero-order valence-electron chi connectivity index (χ0n) is 8.05. The molecule has 1 rings (SSSR count). The molecule has 1 amide bonds. The molecule has 5 heteroatoms. The smallest absolute Gasteiger partial charge is 0.328 e. The van der Waals surface area contributed by atoms with E-state index in [9.17, 15) is 9.59 Å². The summed E-state index contributed by atoms with van der Waals surface area (Å²) >= 11 is 0. The quantitative estimate of drug-likeness (QED) is 0.528. The minimum Gasteiger partial charge on any atom is -0.425 e. The number of hydrogen-bond acceptors (Lipinski definition) is 4. The summed E-state index contributed by atoms with van der Waals surface area (Å²) in [6.45, 7) is 0. The second-order valence-corrected chi connectivity index (χ2v) is 3.01. The average Bonchev–Trinajstić information content (AvgIpc) is 2.18. The van der Waals surface area contributed by atoms with Crippen LogP contribution in [0.5, 0.6) is 5.75 Å². The van der Waals surface area contributed by atoms with Crippen LogP contribution in [0.25, 0.3) is 0 Å². The lowest BCUT2D eigenvalue weighted by Gasteiger charge is -2.08. The Hall–Kier alpha value is -1.88. The fraction of sp³-hybridized carbons (Fsp3) is 0.200. The molecule has 5 nitrogen and oxygen atoms in total. The lowest BCUT2D eigenvalue weighted by molar-refractivity contribution is -0.137. The predicted octanol–water partition coefficient (Wildman–Crippen LogP) is -0.205. The number of hydrogen-bond donors (Lipinski definition) is 2. The lowest BCUT2D eigenvalue weighted by Crippen LogP contribution is -2.37. The SMILES string of the molecule is NC(=O)CC(N)C(=O)Oc1ccccc1. The van der Waals surface area contributed by atoms with Gasteiger partial charge in [0, 0.05) is 0 Å². The minimum atomic E-state index is -1.01. The second kappa shape index (κ2) is 5.11. The Morgan fingerprint density at radius 1 is 1.27 bits per heavy atom. The van der Waals surface area contributed by atoms with Crippen molar-refractivity contribution in [1.82, 2.24) is 0 Å². The van der Waals surface area contributed by atoms with Gasteiger partial charge in [-0.1, -0.05) is 18.2 Å².